The van der Waals surface area contributed by atoms with Crippen molar-refractivity contribution in [2.24, 2.45) is 0 Å². The molecule has 0 unspecified atom stereocenters. The van der Waals surface area contributed by atoms with E-state index in [2.05, 4.69) is 158 Å². The van der Waals surface area contributed by atoms with Gasteiger partial charge in [0, 0.05) is 22.1 Å². The van der Waals surface area contributed by atoms with Crippen molar-refractivity contribution in [2.45, 2.75) is 0 Å². The predicted molar refractivity (Wildman–Crippen MR) is 209 cm³/mol. The molecule has 0 aliphatic rings. The molecule has 3 nitrogen and oxygen atoms in total. The van der Waals surface area contributed by atoms with Gasteiger partial charge in [-0.05, 0) is 59.6 Å². The first-order valence-electron chi connectivity index (χ1n) is 17.0. The Hall–Kier alpha value is -6.71. The fourth-order valence-electron chi connectivity index (χ4n) is 7.59. The zero-order valence-corrected chi connectivity index (χ0v) is 27.1. The fraction of sp³-hybridized carbons (Fsp3) is 0. The van der Waals surface area contributed by atoms with E-state index in [4.69, 9.17) is 15.0 Å². The summed E-state index contributed by atoms with van der Waals surface area (Å²) in [5, 5.41) is 11.8. The molecule has 0 N–H and O–H groups in total. The second-order valence-electron chi connectivity index (χ2n) is 12.8. The molecular weight excluding hydrogens is 607 g/mol. The summed E-state index contributed by atoms with van der Waals surface area (Å²) in [7, 11) is 0. The Morgan fingerprint density at radius 1 is 0.240 bits per heavy atom. The minimum absolute atomic E-state index is 0.648. The summed E-state index contributed by atoms with van der Waals surface area (Å²) in [5.74, 6) is 1.95. The van der Waals surface area contributed by atoms with Crippen LogP contribution in [-0.2, 0) is 0 Å². The van der Waals surface area contributed by atoms with Crippen LogP contribution >= 0.6 is 0 Å². The Balaban J connectivity index is 1.26. The third-order valence-electron chi connectivity index (χ3n) is 9.90. The van der Waals surface area contributed by atoms with Gasteiger partial charge in [0.05, 0.1) is 0 Å². The fourth-order valence-corrected chi connectivity index (χ4v) is 7.59. The number of nitrogens with zero attached hydrogens (tertiary/aromatic N) is 3. The molecule has 0 saturated carbocycles. The maximum atomic E-state index is 5.32. The van der Waals surface area contributed by atoms with Crippen LogP contribution in [0.5, 0.6) is 0 Å². The second-order valence-corrected chi connectivity index (χ2v) is 12.8. The van der Waals surface area contributed by atoms with Gasteiger partial charge in [-0.15, -0.1) is 0 Å². The molecule has 0 fully saturated rings. The Morgan fingerprint density at radius 2 is 0.680 bits per heavy atom. The molecule has 10 rings (SSSR count). The molecule has 232 valence electrons. The van der Waals surface area contributed by atoms with Crippen molar-refractivity contribution < 1.29 is 0 Å². The lowest BCUT2D eigenvalue weighted by atomic mass is 9.92. The Morgan fingerprint density at radius 3 is 1.44 bits per heavy atom. The molecule has 0 amide bonds. The van der Waals surface area contributed by atoms with Gasteiger partial charge in [-0.3, -0.25) is 0 Å². The average Bonchev–Trinajstić information content (AvgIpc) is 3.19. The smallest absolute Gasteiger partial charge is 0.164 e. The Kier molecular flexibility index (Phi) is 6.49. The molecule has 0 atom stereocenters. The van der Waals surface area contributed by atoms with E-state index >= 15 is 0 Å². The van der Waals surface area contributed by atoms with Crippen molar-refractivity contribution >= 4 is 53.9 Å². The molecular formula is C47H29N3. The van der Waals surface area contributed by atoms with Gasteiger partial charge in [0.15, 0.2) is 17.5 Å². The molecule has 0 saturated heterocycles. The van der Waals surface area contributed by atoms with Gasteiger partial charge in [-0.1, -0.05) is 176 Å². The van der Waals surface area contributed by atoms with E-state index in [1.54, 1.807) is 0 Å². The van der Waals surface area contributed by atoms with E-state index in [0.717, 1.165) is 38.2 Å². The van der Waals surface area contributed by atoms with E-state index in [0.29, 0.717) is 17.5 Å². The summed E-state index contributed by atoms with van der Waals surface area (Å²) in [6, 6.07) is 62.2. The highest BCUT2D eigenvalue weighted by Crippen LogP contribution is 2.40. The molecule has 0 aliphatic heterocycles. The van der Waals surface area contributed by atoms with Gasteiger partial charge in [0.1, 0.15) is 0 Å². The van der Waals surface area contributed by atoms with E-state index in [-0.39, 0.29) is 0 Å². The quantitative estimate of drug-likeness (QED) is 0.181. The van der Waals surface area contributed by atoms with Crippen LogP contribution in [0.4, 0.5) is 0 Å². The first kappa shape index (κ1) is 28.3. The molecule has 0 spiro atoms. The lowest BCUT2D eigenvalue weighted by molar-refractivity contribution is 1.08. The highest BCUT2D eigenvalue weighted by atomic mass is 15.0. The molecule has 50 heavy (non-hydrogen) atoms. The van der Waals surface area contributed by atoms with Crippen molar-refractivity contribution in [1.82, 2.24) is 15.0 Å². The van der Waals surface area contributed by atoms with E-state index in [9.17, 15) is 0 Å². The third kappa shape index (κ3) is 4.56. The Bertz CT molecular complexity index is 2920. The van der Waals surface area contributed by atoms with Gasteiger partial charge in [-0.2, -0.15) is 0 Å². The average molecular weight is 636 g/mol. The maximum Gasteiger partial charge on any atom is 0.164 e. The topological polar surface area (TPSA) is 38.7 Å². The Labute approximate surface area is 289 Å². The molecule has 10 aromatic rings. The number of hydrogen-bond acceptors (Lipinski definition) is 3. The summed E-state index contributed by atoms with van der Waals surface area (Å²) < 4.78 is 0. The largest absolute Gasteiger partial charge is 0.208 e. The van der Waals surface area contributed by atoms with Gasteiger partial charge in [0.25, 0.3) is 0 Å². The van der Waals surface area contributed by atoms with Crippen LogP contribution in [0.3, 0.4) is 0 Å². The van der Waals surface area contributed by atoms with Crippen molar-refractivity contribution in [1.29, 1.82) is 0 Å². The first-order chi connectivity index (χ1) is 24.8. The summed E-state index contributed by atoms with van der Waals surface area (Å²) in [6.07, 6.45) is 0. The van der Waals surface area contributed by atoms with Crippen LogP contribution in [0, 0.1) is 0 Å². The van der Waals surface area contributed by atoms with Gasteiger partial charge in [-0.25, -0.2) is 15.0 Å². The van der Waals surface area contributed by atoms with Crippen LogP contribution in [0.25, 0.3) is 99.2 Å². The van der Waals surface area contributed by atoms with Crippen LogP contribution in [-0.4, -0.2) is 15.0 Å². The van der Waals surface area contributed by atoms with E-state index in [1.165, 1.54) is 43.4 Å². The molecule has 0 radical (unpaired) electrons. The maximum absolute atomic E-state index is 5.32. The van der Waals surface area contributed by atoms with Gasteiger partial charge in [0.2, 0.25) is 0 Å². The van der Waals surface area contributed by atoms with Gasteiger partial charge < -0.3 is 0 Å². The SMILES string of the molecule is c1ccc(-c2nc(-c3cccc4c(-c5cccc6ccccc56)cccc34)nc(-c3cccc4ccc5ccc6ccccc6c5c34)n2)cc1. The van der Waals surface area contributed by atoms with Crippen LogP contribution in [0.1, 0.15) is 0 Å². The predicted octanol–water partition coefficient (Wildman–Crippen LogP) is 12.3. The lowest BCUT2D eigenvalue weighted by Gasteiger charge is -2.15. The number of benzene rings is 9. The molecule has 1 heterocycles. The zero-order chi connectivity index (χ0) is 33.0. The normalized spacial score (nSPS) is 11.6. The lowest BCUT2D eigenvalue weighted by Crippen LogP contribution is -2.01. The van der Waals surface area contributed by atoms with E-state index < -0.39 is 0 Å². The van der Waals surface area contributed by atoms with Gasteiger partial charge >= 0.3 is 0 Å². The zero-order valence-electron chi connectivity index (χ0n) is 27.1. The van der Waals surface area contributed by atoms with Crippen molar-refractivity contribution in [2.75, 3.05) is 0 Å². The molecule has 1 aromatic heterocycles. The van der Waals surface area contributed by atoms with Crippen molar-refractivity contribution in [3.63, 3.8) is 0 Å². The van der Waals surface area contributed by atoms with Crippen molar-refractivity contribution in [3.8, 4) is 45.3 Å². The minimum atomic E-state index is 0.648. The summed E-state index contributed by atoms with van der Waals surface area (Å²) >= 11 is 0. The first-order valence-corrected chi connectivity index (χ1v) is 17.0. The number of aromatic nitrogens is 3. The standard InChI is InChI=1S/C47H29N3/c1-2-14-34(15-3-1)45-48-46(41-24-11-22-39-38(21-10-23-40(39)41)37-20-8-16-30-12-4-6-18-35(30)37)50-47(49-45)42-25-9-17-32-28-29-33-27-26-31-13-5-7-19-36(31)43(33)44(32)42/h1-29H. The highest BCUT2D eigenvalue weighted by molar-refractivity contribution is 6.23. The highest BCUT2D eigenvalue weighted by Gasteiger charge is 2.18. The third-order valence-corrected chi connectivity index (χ3v) is 9.90. The summed E-state index contributed by atoms with van der Waals surface area (Å²) in [4.78, 5) is 15.7. The van der Waals surface area contributed by atoms with Crippen molar-refractivity contribution in [3.05, 3.63) is 176 Å². The van der Waals surface area contributed by atoms with Crippen LogP contribution < -0.4 is 0 Å². The molecule has 0 aliphatic carbocycles. The van der Waals surface area contributed by atoms with Crippen LogP contribution in [0.2, 0.25) is 0 Å². The summed E-state index contributed by atoms with van der Waals surface area (Å²) in [5.41, 5.74) is 5.31. The monoisotopic (exact) mass is 635 g/mol. The summed E-state index contributed by atoms with van der Waals surface area (Å²) in [6.45, 7) is 0. The number of rotatable bonds is 4. The van der Waals surface area contributed by atoms with Crippen LogP contribution in [0.15, 0.2) is 176 Å². The molecule has 0 bridgehead atoms. The second kappa shape index (κ2) is 11.5. The number of hydrogen-bond donors (Lipinski definition) is 0. The number of fused-ring (bicyclic) bond motifs is 7. The minimum Gasteiger partial charge on any atom is -0.208 e. The molecule has 9 aromatic carbocycles. The molecule has 3 heteroatoms. The van der Waals surface area contributed by atoms with E-state index in [1.807, 2.05) is 18.2 Å².